The van der Waals surface area contributed by atoms with Gasteiger partial charge in [-0.05, 0) is 31.1 Å². The molecule has 0 aromatic carbocycles. The second kappa shape index (κ2) is 4.05. The van der Waals surface area contributed by atoms with Crippen molar-refractivity contribution in [3.63, 3.8) is 0 Å². The minimum Gasteiger partial charge on any atom is -0.423 e. The summed E-state index contributed by atoms with van der Waals surface area (Å²) in [5.74, 6) is 0. The third-order valence-corrected chi connectivity index (χ3v) is 2.45. The summed E-state index contributed by atoms with van der Waals surface area (Å²) in [7, 11) is 2.63. The summed E-state index contributed by atoms with van der Waals surface area (Å²) < 4.78 is 0.604. The number of hydrogen-bond donors (Lipinski definition) is 2. The van der Waals surface area contributed by atoms with Crippen LogP contribution in [0.25, 0.3) is 0 Å². The topological polar surface area (TPSA) is 43.7 Å². The molecule has 66 valence electrons. The molecule has 5 heteroatoms. The molecule has 1 heterocycles. The summed E-state index contributed by atoms with van der Waals surface area (Å²) in [6.45, 7) is 0.837. The lowest BCUT2D eigenvalue weighted by Crippen LogP contribution is -2.26. The fourth-order valence-corrected chi connectivity index (χ4v) is 1.75. The van der Waals surface area contributed by atoms with Crippen LogP contribution in [-0.2, 0) is 6.54 Å². The molecule has 0 aliphatic heterocycles. The quantitative estimate of drug-likeness (QED) is 0.623. The van der Waals surface area contributed by atoms with Gasteiger partial charge in [0.15, 0.2) is 0 Å². The van der Waals surface area contributed by atoms with Crippen LogP contribution in [-0.4, -0.2) is 36.2 Å². The minimum atomic E-state index is -1.33. The van der Waals surface area contributed by atoms with Gasteiger partial charge >= 0.3 is 7.12 Å². The summed E-state index contributed by atoms with van der Waals surface area (Å²) >= 11 is 1.37. The predicted octanol–water partition coefficient (Wildman–Crippen LogP) is -0.511. The van der Waals surface area contributed by atoms with E-state index in [1.54, 1.807) is 0 Å². The van der Waals surface area contributed by atoms with Gasteiger partial charge in [0.05, 0.1) is 0 Å². The largest absolute Gasteiger partial charge is 0.499 e. The second-order valence-corrected chi connectivity index (χ2v) is 3.91. The van der Waals surface area contributed by atoms with Crippen LogP contribution in [0.1, 0.15) is 5.56 Å². The molecule has 12 heavy (non-hydrogen) atoms. The molecular formula is C7H12BNO2S. The first-order valence-corrected chi connectivity index (χ1v) is 4.55. The van der Waals surface area contributed by atoms with Crippen LogP contribution < -0.4 is 4.78 Å². The van der Waals surface area contributed by atoms with Crippen molar-refractivity contribution in [3.05, 3.63) is 17.0 Å². The Morgan fingerprint density at radius 3 is 2.58 bits per heavy atom. The van der Waals surface area contributed by atoms with E-state index in [0.717, 1.165) is 12.1 Å². The minimum absolute atomic E-state index is 0.604. The molecule has 0 radical (unpaired) electrons. The highest BCUT2D eigenvalue weighted by Crippen LogP contribution is 2.06. The number of thiophene rings is 1. The first-order chi connectivity index (χ1) is 5.59. The van der Waals surface area contributed by atoms with Crippen molar-refractivity contribution in [1.29, 1.82) is 0 Å². The van der Waals surface area contributed by atoms with Gasteiger partial charge in [-0.3, -0.25) is 0 Å². The van der Waals surface area contributed by atoms with Gasteiger partial charge in [0, 0.05) is 11.3 Å². The van der Waals surface area contributed by atoms with E-state index in [4.69, 9.17) is 10.0 Å². The highest BCUT2D eigenvalue weighted by Gasteiger charge is 2.13. The molecule has 3 nitrogen and oxygen atoms in total. The molecule has 2 N–H and O–H groups in total. The molecule has 0 unspecified atom stereocenters. The van der Waals surface area contributed by atoms with E-state index in [1.165, 1.54) is 11.3 Å². The molecule has 0 saturated carbocycles. The Kier molecular flexibility index (Phi) is 3.28. The second-order valence-electron chi connectivity index (χ2n) is 2.97. The standard InChI is InChI=1S/C7H12BNO2S/c1-9(2)4-6-3-7(8(10)11)12-5-6/h3,5,10-11H,4H2,1-2H3. The molecule has 0 atom stereocenters. The van der Waals surface area contributed by atoms with Gasteiger partial charge in [0.2, 0.25) is 0 Å². The Labute approximate surface area is 76.4 Å². The molecule has 1 aromatic rings. The monoisotopic (exact) mass is 185 g/mol. The normalized spacial score (nSPS) is 10.8. The van der Waals surface area contributed by atoms with Crippen LogP contribution in [0.5, 0.6) is 0 Å². The van der Waals surface area contributed by atoms with Gasteiger partial charge in [-0.1, -0.05) is 0 Å². The van der Waals surface area contributed by atoms with Gasteiger partial charge in [0.1, 0.15) is 0 Å². The van der Waals surface area contributed by atoms with Gasteiger partial charge < -0.3 is 14.9 Å². The van der Waals surface area contributed by atoms with Gasteiger partial charge in [-0.15, -0.1) is 0 Å². The Morgan fingerprint density at radius 1 is 1.50 bits per heavy atom. The van der Waals surface area contributed by atoms with Crippen molar-refractivity contribution in [2.75, 3.05) is 14.1 Å². The average Bonchev–Trinajstić information content (AvgIpc) is 2.34. The highest BCUT2D eigenvalue weighted by atomic mass is 32.1. The van der Waals surface area contributed by atoms with Crippen molar-refractivity contribution in [3.8, 4) is 0 Å². The first-order valence-electron chi connectivity index (χ1n) is 3.68. The maximum atomic E-state index is 8.82. The van der Waals surface area contributed by atoms with Crippen molar-refractivity contribution >= 4 is 23.2 Å². The maximum Gasteiger partial charge on any atom is 0.499 e. The lowest BCUT2D eigenvalue weighted by Gasteiger charge is -2.06. The molecule has 0 aliphatic rings. The van der Waals surface area contributed by atoms with E-state index in [0.29, 0.717) is 4.78 Å². The van der Waals surface area contributed by atoms with E-state index in [1.807, 2.05) is 30.4 Å². The first kappa shape index (κ1) is 9.73. The fourth-order valence-electron chi connectivity index (χ4n) is 0.978. The number of hydrogen-bond acceptors (Lipinski definition) is 4. The van der Waals surface area contributed by atoms with Crippen LogP contribution in [0.15, 0.2) is 11.4 Å². The molecule has 0 bridgehead atoms. The van der Waals surface area contributed by atoms with Crippen LogP contribution in [0, 0.1) is 0 Å². The van der Waals surface area contributed by atoms with Crippen LogP contribution >= 0.6 is 11.3 Å². The zero-order valence-electron chi connectivity index (χ0n) is 7.19. The lowest BCUT2D eigenvalue weighted by atomic mass is 9.89. The molecule has 1 aromatic heterocycles. The zero-order chi connectivity index (χ0) is 9.14. The molecular weight excluding hydrogens is 173 g/mol. The summed E-state index contributed by atoms with van der Waals surface area (Å²) in [5, 5.41) is 19.6. The summed E-state index contributed by atoms with van der Waals surface area (Å²) in [5.41, 5.74) is 1.12. The number of rotatable bonds is 3. The Hall–Kier alpha value is -0.355. The van der Waals surface area contributed by atoms with Crippen molar-refractivity contribution < 1.29 is 10.0 Å². The van der Waals surface area contributed by atoms with Crippen LogP contribution in [0.4, 0.5) is 0 Å². The van der Waals surface area contributed by atoms with Crippen LogP contribution in [0.2, 0.25) is 0 Å². The third kappa shape index (κ3) is 2.60. The average molecular weight is 185 g/mol. The molecule has 0 saturated heterocycles. The molecule has 0 spiro atoms. The van der Waals surface area contributed by atoms with Gasteiger partial charge in [0.25, 0.3) is 0 Å². The van der Waals surface area contributed by atoms with Crippen molar-refractivity contribution in [1.82, 2.24) is 4.90 Å². The predicted molar refractivity (Wildman–Crippen MR) is 51.5 cm³/mol. The van der Waals surface area contributed by atoms with E-state index in [9.17, 15) is 0 Å². The molecule has 0 amide bonds. The molecule has 1 rings (SSSR count). The molecule has 0 fully saturated rings. The smallest absolute Gasteiger partial charge is 0.423 e. The Balaban J connectivity index is 2.64. The lowest BCUT2D eigenvalue weighted by molar-refractivity contribution is 0.403. The van der Waals surface area contributed by atoms with Crippen molar-refractivity contribution in [2.24, 2.45) is 0 Å². The Morgan fingerprint density at radius 2 is 2.17 bits per heavy atom. The zero-order valence-corrected chi connectivity index (χ0v) is 8.01. The SMILES string of the molecule is CN(C)Cc1csc(B(O)O)c1. The fraction of sp³-hybridized carbons (Fsp3) is 0.429. The summed E-state index contributed by atoms with van der Waals surface area (Å²) in [6, 6.07) is 1.81. The van der Waals surface area contributed by atoms with E-state index >= 15 is 0 Å². The Bertz CT molecular complexity index is 249. The highest BCUT2D eigenvalue weighted by molar-refractivity contribution is 7.20. The summed E-state index contributed by atoms with van der Waals surface area (Å²) in [4.78, 5) is 2.04. The van der Waals surface area contributed by atoms with Crippen LogP contribution in [0.3, 0.4) is 0 Å². The maximum absolute atomic E-state index is 8.82. The van der Waals surface area contributed by atoms with E-state index in [-0.39, 0.29) is 0 Å². The third-order valence-electron chi connectivity index (χ3n) is 1.43. The van der Waals surface area contributed by atoms with Gasteiger partial charge in [-0.25, -0.2) is 0 Å². The van der Waals surface area contributed by atoms with E-state index < -0.39 is 7.12 Å². The summed E-state index contributed by atoms with van der Waals surface area (Å²) in [6.07, 6.45) is 0. The van der Waals surface area contributed by atoms with E-state index in [2.05, 4.69) is 0 Å². The number of nitrogens with zero attached hydrogens (tertiary/aromatic N) is 1. The molecule has 0 aliphatic carbocycles. The van der Waals surface area contributed by atoms with Gasteiger partial charge in [-0.2, -0.15) is 11.3 Å². The van der Waals surface area contributed by atoms with Crippen molar-refractivity contribution in [2.45, 2.75) is 6.54 Å².